The highest BCUT2D eigenvalue weighted by Crippen LogP contribution is 2.19. The Hall–Kier alpha value is -1.81. The van der Waals surface area contributed by atoms with E-state index in [-0.39, 0.29) is 10.9 Å². The number of fused-ring (bicyclic) bond motifs is 1. The Balaban J connectivity index is 2.95. The third-order valence-electron chi connectivity index (χ3n) is 2.01. The van der Waals surface area contributed by atoms with Crippen LogP contribution >= 0.6 is 11.6 Å². The minimum absolute atomic E-state index is 0.0544. The van der Waals surface area contributed by atoms with Gasteiger partial charge in [0.15, 0.2) is 0 Å². The number of rotatable bonds is 1. The molecule has 5 heteroatoms. The molecule has 0 bridgehead atoms. The Morgan fingerprint density at radius 2 is 2.07 bits per heavy atom. The molecular weight excluding hydrogens is 220 g/mol. The fourth-order valence-corrected chi connectivity index (χ4v) is 1.50. The molecule has 1 aromatic carbocycles. The van der Waals surface area contributed by atoms with Crippen molar-refractivity contribution in [2.24, 2.45) is 0 Å². The fraction of sp³-hybridized carbons (Fsp3) is 0. The largest absolute Gasteiger partial charge is 0.478 e. The van der Waals surface area contributed by atoms with Gasteiger partial charge in [-0.2, -0.15) is 0 Å². The summed E-state index contributed by atoms with van der Waals surface area (Å²) in [4.78, 5) is 22.1. The fourth-order valence-electron chi connectivity index (χ4n) is 1.33. The molecule has 0 saturated heterocycles. The summed E-state index contributed by atoms with van der Waals surface area (Å²) in [5.41, 5.74) is -0.654. The van der Waals surface area contributed by atoms with Gasteiger partial charge in [0.05, 0.1) is 5.39 Å². The van der Waals surface area contributed by atoms with Crippen molar-refractivity contribution in [3.63, 3.8) is 0 Å². The number of carbonyl (C=O) groups is 1. The Morgan fingerprint density at radius 1 is 1.33 bits per heavy atom. The van der Waals surface area contributed by atoms with Gasteiger partial charge in [0.1, 0.15) is 11.8 Å². The first-order valence-corrected chi connectivity index (χ1v) is 4.42. The first-order chi connectivity index (χ1) is 7.09. The molecule has 0 amide bonds. The molecule has 0 aliphatic rings. The van der Waals surface area contributed by atoms with Gasteiger partial charge in [-0.05, 0) is 12.1 Å². The number of aromatic carboxylic acids is 1. The van der Waals surface area contributed by atoms with Crippen molar-refractivity contribution in [2.75, 3.05) is 0 Å². The van der Waals surface area contributed by atoms with Gasteiger partial charge in [-0.1, -0.05) is 17.7 Å². The predicted octanol–water partition coefficient (Wildman–Crippen LogP) is 2.14. The van der Waals surface area contributed by atoms with Crippen LogP contribution in [0.4, 0.5) is 0 Å². The van der Waals surface area contributed by atoms with Crippen LogP contribution in [0.1, 0.15) is 10.4 Å². The van der Waals surface area contributed by atoms with Gasteiger partial charge in [-0.25, -0.2) is 9.59 Å². The highest BCUT2D eigenvalue weighted by Gasteiger charge is 2.12. The van der Waals surface area contributed by atoms with E-state index in [0.717, 1.165) is 6.26 Å². The minimum Gasteiger partial charge on any atom is -0.478 e. The highest BCUT2D eigenvalue weighted by molar-refractivity contribution is 6.31. The van der Waals surface area contributed by atoms with Crippen LogP contribution in [-0.2, 0) is 0 Å². The molecule has 0 radical (unpaired) electrons. The highest BCUT2D eigenvalue weighted by atomic mass is 35.5. The lowest BCUT2D eigenvalue weighted by molar-refractivity contribution is 0.0696. The standard InChI is InChI=1S/C10H5ClO4/c11-5-1-2-6-7(3-5)10(14)15-4-8(6)9(12)13/h1-4H,(H,12,13). The zero-order chi connectivity index (χ0) is 11.0. The van der Waals surface area contributed by atoms with E-state index in [1.165, 1.54) is 18.2 Å². The lowest BCUT2D eigenvalue weighted by Crippen LogP contribution is -2.05. The second-order valence-electron chi connectivity index (χ2n) is 2.93. The molecule has 0 aliphatic carbocycles. The van der Waals surface area contributed by atoms with Crippen molar-refractivity contribution >= 4 is 28.3 Å². The second-order valence-corrected chi connectivity index (χ2v) is 3.37. The van der Waals surface area contributed by atoms with E-state index in [0.29, 0.717) is 10.4 Å². The molecule has 1 heterocycles. The zero-order valence-electron chi connectivity index (χ0n) is 7.36. The van der Waals surface area contributed by atoms with Gasteiger partial charge in [-0.3, -0.25) is 0 Å². The van der Waals surface area contributed by atoms with Crippen molar-refractivity contribution in [1.82, 2.24) is 0 Å². The van der Waals surface area contributed by atoms with Crippen molar-refractivity contribution < 1.29 is 14.3 Å². The molecule has 0 unspecified atom stereocenters. The number of halogens is 1. The summed E-state index contributed by atoms with van der Waals surface area (Å²) in [7, 11) is 0. The number of benzene rings is 1. The quantitative estimate of drug-likeness (QED) is 0.806. The Bertz CT molecular complexity index is 600. The first-order valence-electron chi connectivity index (χ1n) is 4.04. The summed E-state index contributed by atoms with van der Waals surface area (Å²) < 4.78 is 4.59. The Labute approximate surface area is 88.7 Å². The average molecular weight is 225 g/mol. The molecule has 0 saturated carbocycles. The molecular formula is C10H5ClO4. The normalized spacial score (nSPS) is 10.5. The number of carboxylic acid groups (broad SMARTS) is 1. The van der Waals surface area contributed by atoms with E-state index in [1.807, 2.05) is 0 Å². The Morgan fingerprint density at radius 3 is 2.73 bits per heavy atom. The summed E-state index contributed by atoms with van der Waals surface area (Å²) in [5, 5.41) is 9.70. The van der Waals surface area contributed by atoms with Gasteiger partial charge < -0.3 is 9.52 Å². The third kappa shape index (κ3) is 1.59. The second kappa shape index (κ2) is 3.40. The van der Waals surface area contributed by atoms with Gasteiger partial charge in [0, 0.05) is 10.4 Å². The monoisotopic (exact) mass is 224 g/mol. The van der Waals surface area contributed by atoms with Gasteiger partial charge in [0.25, 0.3) is 0 Å². The van der Waals surface area contributed by atoms with E-state index in [9.17, 15) is 9.59 Å². The summed E-state index contributed by atoms with van der Waals surface area (Å²) in [6.45, 7) is 0. The van der Waals surface area contributed by atoms with E-state index in [4.69, 9.17) is 16.7 Å². The minimum atomic E-state index is -1.15. The van der Waals surface area contributed by atoms with Crippen molar-refractivity contribution in [1.29, 1.82) is 0 Å². The van der Waals surface area contributed by atoms with E-state index in [1.54, 1.807) is 0 Å². The predicted molar refractivity (Wildman–Crippen MR) is 54.5 cm³/mol. The smallest absolute Gasteiger partial charge is 0.343 e. The molecule has 4 nitrogen and oxygen atoms in total. The van der Waals surface area contributed by atoms with Crippen LogP contribution in [0.15, 0.2) is 33.7 Å². The van der Waals surface area contributed by atoms with Crippen molar-refractivity contribution in [3.05, 3.63) is 45.5 Å². The maximum absolute atomic E-state index is 11.3. The molecule has 0 spiro atoms. The summed E-state index contributed by atoms with van der Waals surface area (Å²) >= 11 is 5.69. The van der Waals surface area contributed by atoms with Crippen molar-refractivity contribution in [2.45, 2.75) is 0 Å². The lowest BCUT2D eigenvalue weighted by atomic mass is 10.1. The lowest BCUT2D eigenvalue weighted by Gasteiger charge is -2.00. The topological polar surface area (TPSA) is 67.5 Å². The molecule has 2 aromatic rings. The zero-order valence-corrected chi connectivity index (χ0v) is 8.12. The number of hydrogen-bond acceptors (Lipinski definition) is 3. The van der Waals surface area contributed by atoms with Crippen molar-refractivity contribution in [3.8, 4) is 0 Å². The van der Waals surface area contributed by atoms with Gasteiger partial charge in [0.2, 0.25) is 0 Å². The van der Waals surface area contributed by atoms with Gasteiger partial charge in [-0.15, -0.1) is 0 Å². The van der Waals surface area contributed by atoms with Crippen LogP contribution in [0.3, 0.4) is 0 Å². The molecule has 76 valence electrons. The number of hydrogen-bond donors (Lipinski definition) is 1. The Kier molecular flexibility index (Phi) is 2.21. The van der Waals surface area contributed by atoms with E-state index < -0.39 is 11.6 Å². The molecule has 0 atom stereocenters. The summed E-state index contributed by atoms with van der Waals surface area (Å²) in [6, 6.07) is 4.39. The average Bonchev–Trinajstić information content (AvgIpc) is 2.19. The van der Waals surface area contributed by atoms with Crippen LogP contribution in [0.25, 0.3) is 10.8 Å². The molecule has 15 heavy (non-hydrogen) atoms. The van der Waals surface area contributed by atoms with Crippen LogP contribution in [-0.4, -0.2) is 11.1 Å². The maximum atomic E-state index is 11.3. The third-order valence-corrected chi connectivity index (χ3v) is 2.24. The maximum Gasteiger partial charge on any atom is 0.343 e. The van der Waals surface area contributed by atoms with Crippen LogP contribution in [0, 0.1) is 0 Å². The van der Waals surface area contributed by atoms with Crippen LogP contribution in [0.2, 0.25) is 5.02 Å². The first kappa shape index (κ1) is 9.73. The molecule has 1 aromatic heterocycles. The summed E-state index contributed by atoms with van der Waals surface area (Å²) in [6.07, 6.45) is 0.931. The molecule has 0 fully saturated rings. The molecule has 0 aliphatic heterocycles. The molecule has 2 rings (SSSR count). The van der Waals surface area contributed by atoms with Crippen LogP contribution < -0.4 is 5.63 Å². The van der Waals surface area contributed by atoms with Gasteiger partial charge >= 0.3 is 11.6 Å². The van der Waals surface area contributed by atoms with E-state index in [2.05, 4.69) is 4.42 Å². The summed E-state index contributed by atoms with van der Waals surface area (Å²) in [5.74, 6) is -1.15. The van der Waals surface area contributed by atoms with Crippen LogP contribution in [0.5, 0.6) is 0 Å². The SMILES string of the molecule is O=C(O)c1coc(=O)c2cc(Cl)ccc12. The van der Waals surface area contributed by atoms with E-state index >= 15 is 0 Å². The number of carboxylic acids is 1. The molecule has 1 N–H and O–H groups in total.